The molecule has 0 amide bonds. The summed E-state index contributed by atoms with van der Waals surface area (Å²) in [6.45, 7) is 4.73. The van der Waals surface area contributed by atoms with Crippen LogP contribution in [-0.2, 0) is 10.0 Å². The van der Waals surface area contributed by atoms with Crippen LogP contribution in [0.3, 0.4) is 0 Å². The van der Waals surface area contributed by atoms with Crippen molar-refractivity contribution < 1.29 is 8.42 Å². The van der Waals surface area contributed by atoms with E-state index in [4.69, 9.17) is 0 Å². The van der Waals surface area contributed by atoms with Gasteiger partial charge in [-0.3, -0.25) is 0 Å². The average molecular weight is 330 g/mol. The van der Waals surface area contributed by atoms with Crippen LogP contribution in [0.15, 0.2) is 59.5 Å². The lowest BCUT2D eigenvalue weighted by atomic mass is 9.92. The Morgan fingerprint density at radius 2 is 1.70 bits per heavy atom. The van der Waals surface area contributed by atoms with E-state index in [-0.39, 0.29) is 18.0 Å². The third-order valence-corrected chi connectivity index (χ3v) is 5.96. The third kappa shape index (κ3) is 3.47. The number of benzene rings is 2. The van der Waals surface area contributed by atoms with Gasteiger partial charge in [0, 0.05) is 24.5 Å². The van der Waals surface area contributed by atoms with E-state index in [0.29, 0.717) is 4.90 Å². The molecule has 0 saturated carbocycles. The van der Waals surface area contributed by atoms with Crippen LogP contribution in [0.5, 0.6) is 0 Å². The van der Waals surface area contributed by atoms with Gasteiger partial charge in [-0.1, -0.05) is 48.0 Å². The number of sulfonamides is 1. The number of rotatable bonds is 4. The molecule has 0 radical (unpaired) electrons. The number of hydrogen-bond acceptors (Lipinski definition) is 3. The van der Waals surface area contributed by atoms with Crippen LogP contribution >= 0.6 is 0 Å². The van der Waals surface area contributed by atoms with Crippen LogP contribution in [0.4, 0.5) is 0 Å². The Hall–Kier alpha value is -1.69. The average Bonchev–Trinajstić information content (AvgIpc) is 2.89. The summed E-state index contributed by atoms with van der Waals surface area (Å²) < 4.78 is 28.3. The van der Waals surface area contributed by atoms with Gasteiger partial charge in [0.25, 0.3) is 0 Å². The summed E-state index contributed by atoms with van der Waals surface area (Å²) in [6, 6.07) is 16.9. The maximum absolute atomic E-state index is 12.7. The fourth-order valence-corrected chi connectivity index (χ4v) is 4.45. The molecule has 1 saturated heterocycles. The van der Waals surface area contributed by atoms with Gasteiger partial charge in [-0.2, -0.15) is 0 Å². The zero-order chi connectivity index (χ0) is 16.4. The van der Waals surface area contributed by atoms with E-state index in [2.05, 4.69) is 22.2 Å². The maximum Gasteiger partial charge on any atom is 0.240 e. The zero-order valence-corrected chi connectivity index (χ0v) is 14.2. The Balaban J connectivity index is 1.86. The summed E-state index contributed by atoms with van der Waals surface area (Å²) in [5.41, 5.74) is 2.20. The molecular weight excluding hydrogens is 308 g/mol. The van der Waals surface area contributed by atoms with Gasteiger partial charge < -0.3 is 5.32 Å². The van der Waals surface area contributed by atoms with Crippen LogP contribution in [0.2, 0.25) is 0 Å². The molecule has 1 aliphatic rings. The van der Waals surface area contributed by atoms with Crippen molar-refractivity contribution in [2.24, 2.45) is 0 Å². The van der Waals surface area contributed by atoms with Gasteiger partial charge in [0.05, 0.1) is 4.90 Å². The van der Waals surface area contributed by atoms with Crippen LogP contribution in [-0.4, -0.2) is 27.0 Å². The van der Waals surface area contributed by atoms with E-state index in [0.717, 1.165) is 17.7 Å². The lowest BCUT2D eigenvalue weighted by molar-refractivity contribution is 0.496. The molecule has 4 nitrogen and oxygen atoms in total. The van der Waals surface area contributed by atoms with E-state index >= 15 is 0 Å². The maximum atomic E-state index is 12.7. The molecule has 5 heteroatoms. The molecule has 3 atom stereocenters. The molecule has 1 unspecified atom stereocenters. The molecule has 1 heterocycles. The van der Waals surface area contributed by atoms with Gasteiger partial charge in [0.1, 0.15) is 0 Å². The summed E-state index contributed by atoms with van der Waals surface area (Å²) in [5.74, 6) is 0.131. The summed E-state index contributed by atoms with van der Waals surface area (Å²) in [7, 11) is -3.52. The van der Waals surface area contributed by atoms with E-state index in [1.165, 1.54) is 0 Å². The Bertz CT molecular complexity index is 757. The largest absolute Gasteiger partial charge is 0.312 e. The Morgan fingerprint density at radius 3 is 2.35 bits per heavy atom. The standard InChI is InChI=1S/C18H22N2O2S/c1-13-8-10-16(11-9-13)23(21,22)20-18-14(2)19-12-17(18)15-6-4-3-5-7-15/h3-11,14,17-20H,12H2,1-2H3/t14?,17-,18+/m0/s1. The van der Waals surface area contributed by atoms with Crippen LogP contribution in [0, 0.1) is 6.92 Å². The second kappa shape index (κ2) is 6.43. The lowest BCUT2D eigenvalue weighted by Gasteiger charge is -2.23. The van der Waals surface area contributed by atoms with E-state index < -0.39 is 10.0 Å². The molecule has 1 aliphatic heterocycles. The first kappa shape index (κ1) is 16.2. The van der Waals surface area contributed by atoms with Gasteiger partial charge in [-0.25, -0.2) is 13.1 Å². The molecule has 2 aromatic carbocycles. The van der Waals surface area contributed by atoms with E-state index in [9.17, 15) is 8.42 Å². The minimum atomic E-state index is -3.52. The monoisotopic (exact) mass is 330 g/mol. The molecule has 0 aromatic heterocycles. The van der Waals surface area contributed by atoms with Gasteiger partial charge in [0.15, 0.2) is 0 Å². The first-order chi connectivity index (χ1) is 11.0. The minimum absolute atomic E-state index is 0.0837. The Kier molecular flexibility index (Phi) is 4.53. The van der Waals surface area contributed by atoms with Crippen molar-refractivity contribution in [3.8, 4) is 0 Å². The molecule has 23 heavy (non-hydrogen) atoms. The highest BCUT2D eigenvalue weighted by atomic mass is 32.2. The second-order valence-electron chi connectivity index (χ2n) is 6.17. The van der Waals surface area contributed by atoms with E-state index in [1.807, 2.05) is 44.2 Å². The molecule has 2 N–H and O–H groups in total. The van der Waals surface area contributed by atoms with Crippen molar-refractivity contribution in [1.82, 2.24) is 10.0 Å². The summed E-state index contributed by atoms with van der Waals surface area (Å²) in [6.07, 6.45) is 0. The molecular formula is C18H22N2O2S. The molecule has 0 aliphatic carbocycles. The van der Waals surface area contributed by atoms with Crippen molar-refractivity contribution in [3.05, 3.63) is 65.7 Å². The first-order valence-corrected chi connectivity index (χ1v) is 9.33. The normalized spacial score (nSPS) is 24.7. The Morgan fingerprint density at radius 1 is 1.04 bits per heavy atom. The van der Waals surface area contributed by atoms with Crippen molar-refractivity contribution in [3.63, 3.8) is 0 Å². The lowest BCUT2D eigenvalue weighted by Crippen LogP contribution is -2.44. The molecule has 2 aromatic rings. The highest BCUT2D eigenvalue weighted by Crippen LogP contribution is 2.27. The molecule has 122 valence electrons. The summed E-state index contributed by atoms with van der Waals surface area (Å²) >= 11 is 0. The quantitative estimate of drug-likeness (QED) is 0.905. The highest BCUT2D eigenvalue weighted by molar-refractivity contribution is 7.89. The number of nitrogens with one attached hydrogen (secondary N) is 2. The predicted molar refractivity (Wildman–Crippen MR) is 91.9 cm³/mol. The van der Waals surface area contributed by atoms with Crippen molar-refractivity contribution in [2.45, 2.75) is 36.7 Å². The van der Waals surface area contributed by atoms with Gasteiger partial charge in [-0.05, 0) is 31.5 Å². The fraction of sp³-hybridized carbons (Fsp3) is 0.333. The Labute approximate surface area is 138 Å². The highest BCUT2D eigenvalue weighted by Gasteiger charge is 2.37. The number of aryl methyl sites for hydroxylation is 1. The smallest absolute Gasteiger partial charge is 0.240 e. The third-order valence-electron chi connectivity index (χ3n) is 4.48. The van der Waals surface area contributed by atoms with Gasteiger partial charge >= 0.3 is 0 Å². The van der Waals surface area contributed by atoms with Crippen molar-refractivity contribution >= 4 is 10.0 Å². The van der Waals surface area contributed by atoms with Crippen LogP contribution in [0.1, 0.15) is 24.0 Å². The number of hydrogen-bond donors (Lipinski definition) is 2. The van der Waals surface area contributed by atoms with Gasteiger partial charge in [-0.15, -0.1) is 0 Å². The molecule has 3 rings (SSSR count). The molecule has 0 spiro atoms. The topological polar surface area (TPSA) is 58.2 Å². The molecule has 0 bridgehead atoms. The zero-order valence-electron chi connectivity index (χ0n) is 13.4. The van der Waals surface area contributed by atoms with E-state index in [1.54, 1.807) is 12.1 Å². The fourth-order valence-electron chi connectivity index (χ4n) is 3.09. The summed E-state index contributed by atoms with van der Waals surface area (Å²) in [4.78, 5) is 0.314. The van der Waals surface area contributed by atoms with Crippen LogP contribution in [0.25, 0.3) is 0 Å². The van der Waals surface area contributed by atoms with Crippen molar-refractivity contribution in [1.29, 1.82) is 0 Å². The second-order valence-corrected chi connectivity index (χ2v) is 7.89. The van der Waals surface area contributed by atoms with Crippen LogP contribution < -0.4 is 10.0 Å². The predicted octanol–water partition coefficient (Wildman–Crippen LogP) is 2.42. The molecule has 1 fully saturated rings. The minimum Gasteiger partial charge on any atom is -0.312 e. The first-order valence-electron chi connectivity index (χ1n) is 7.85. The van der Waals surface area contributed by atoms with Gasteiger partial charge in [0.2, 0.25) is 10.0 Å². The SMILES string of the molecule is Cc1ccc(S(=O)(=O)N[C@@H]2C(C)NC[C@H]2c2ccccc2)cc1. The summed E-state index contributed by atoms with van der Waals surface area (Å²) in [5, 5.41) is 3.37. The van der Waals surface area contributed by atoms with Crippen molar-refractivity contribution in [2.75, 3.05) is 6.54 Å².